The second kappa shape index (κ2) is 37.8. The summed E-state index contributed by atoms with van der Waals surface area (Å²) in [5.41, 5.74) is 12.5. The van der Waals surface area contributed by atoms with Crippen LogP contribution in [0.2, 0.25) is 0 Å². The molecule has 1 fully saturated rings. The van der Waals surface area contributed by atoms with E-state index in [1.165, 1.54) is 72.8 Å². The van der Waals surface area contributed by atoms with Gasteiger partial charge in [-0.3, -0.25) is 57.5 Å². The van der Waals surface area contributed by atoms with Gasteiger partial charge in [0, 0.05) is 32.2 Å². The lowest BCUT2D eigenvalue weighted by Crippen LogP contribution is -2.62. The number of aliphatic hydroxyl groups excluding tert-OH is 3. The third-order valence-corrected chi connectivity index (χ3v) is 15.2. The van der Waals surface area contributed by atoms with Gasteiger partial charge in [0.25, 0.3) is 0 Å². The molecule has 526 valence electrons. The first-order chi connectivity index (χ1) is 45.2. The number of phenolic OH excluding ortho intramolecular Hbond substituents is 3. The highest BCUT2D eigenvalue weighted by atomic mass is 16.4. The Kier molecular flexibility index (Phi) is 30.9. The number of phenols is 3. The lowest BCUT2D eigenvalue weighted by molar-refractivity contribution is -0.144. The Morgan fingerprint density at radius 2 is 0.875 bits per heavy atom. The van der Waals surface area contributed by atoms with Crippen LogP contribution in [0.5, 0.6) is 17.2 Å². The number of benzene rings is 3. The van der Waals surface area contributed by atoms with Gasteiger partial charge in [-0.1, -0.05) is 64.1 Å². The third kappa shape index (κ3) is 25.4. The largest absolute Gasteiger partial charge is 0.508 e. The molecule has 0 saturated carbocycles. The van der Waals surface area contributed by atoms with Gasteiger partial charge >= 0.3 is 11.9 Å². The standard InChI is InChI=1S/C63H88N12O21/c1-31(2)23-40(64)53(85)67-44(27-36-12-18-39(81)19-13-36)58(90)74-52(33(5)78)61(93)73-48(30-77)62(94)75-22-6-7-49(75)60(92)72-47(29-76)59(91)69-43(26-35-10-16-38(80)17-11-35)56(88)68-42(25-34-8-14-37(79)15-9-34)55(87)66-41(20-21-51(83)84)54(86)70-45(28-50(65)82)57(89)71-46(63(95)96)24-32(3)4/h8-19,31-33,40-49,52,76-81H,6-7,20-30,64H2,1-5H3,(H2,65,82)(H,66,87)(H,67,85)(H,68,88)(H,69,91)(H,70,86)(H,71,89)(H,72,92)(H,73,93)(H,74,90)(H,83,84)(H,95,96)/t33-,40+,41+,42+,43+,44+,45+,46+,47+,48+,49+,52+/m1/s1. The van der Waals surface area contributed by atoms with Crippen LogP contribution in [0, 0.1) is 11.8 Å². The van der Waals surface area contributed by atoms with Crippen LogP contribution in [0.15, 0.2) is 72.8 Å². The lowest BCUT2D eigenvalue weighted by Gasteiger charge is -2.31. The van der Waals surface area contributed by atoms with Gasteiger partial charge in [-0.05, 0) is 104 Å². The predicted molar refractivity (Wildman–Crippen MR) is 339 cm³/mol. The van der Waals surface area contributed by atoms with E-state index in [4.69, 9.17) is 11.5 Å². The molecule has 11 amide bonds. The van der Waals surface area contributed by atoms with E-state index in [1.807, 2.05) is 13.8 Å². The maximum absolute atomic E-state index is 14.6. The van der Waals surface area contributed by atoms with Crippen LogP contribution in [0.25, 0.3) is 0 Å². The SMILES string of the molecule is CC(C)C[C@H](NC(=O)[C@H](CC(N)=O)NC(=O)[C@H](CCC(=O)O)NC(=O)[C@H](Cc1ccc(O)cc1)NC(=O)[C@H](Cc1ccc(O)cc1)NC(=O)[C@H](CO)NC(=O)[C@@H]1CCCN1C(=O)[C@H](CO)NC(=O)[C@@H](NC(=O)[C@H](Cc1ccc(O)cc1)NC(=O)[C@@H](N)CC(C)C)[C@@H](C)O)C(=O)O. The number of aliphatic hydroxyl groups is 3. The van der Waals surface area contributed by atoms with E-state index in [1.54, 1.807) is 13.8 Å². The van der Waals surface area contributed by atoms with Crippen LogP contribution in [0.1, 0.15) is 96.3 Å². The van der Waals surface area contributed by atoms with Crippen molar-refractivity contribution in [1.82, 2.24) is 52.8 Å². The van der Waals surface area contributed by atoms with Gasteiger partial charge in [0.2, 0.25) is 65.0 Å². The smallest absolute Gasteiger partial charge is 0.326 e. The lowest BCUT2D eigenvalue weighted by atomic mass is 10.0. The Hall–Kier alpha value is -9.99. The van der Waals surface area contributed by atoms with Crippen molar-refractivity contribution >= 4 is 76.9 Å². The molecule has 21 N–H and O–H groups in total. The fourth-order valence-electron chi connectivity index (χ4n) is 10.2. The quantitative estimate of drug-likeness (QED) is 0.0259. The normalized spacial score (nSPS) is 16.2. The summed E-state index contributed by atoms with van der Waals surface area (Å²) in [5, 5.41) is 102. The summed E-state index contributed by atoms with van der Waals surface area (Å²) < 4.78 is 0. The van der Waals surface area contributed by atoms with Crippen LogP contribution in [0.4, 0.5) is 0 Å². The Labute approximate surface area is 552 Å². The molecule has 0 bridgehead atoms. The van der Waals surface area contributed by atoms with Gasteiger partial charge in [-0.2, -0.15) is 0 Å². The number of nitrogens with one attached hydrogen (secondary N) is 9. The van der Waals surface area contributed by atoms with Crippen molar-refractivity contribution in [2.75, 3.05) is 19.8 Å². The summed E-state index contributed by atoms with van der Waals surface area (Å²) >= 11 is 0. The Morgan fingerprint density at radius 3 is 1.29 bits per heavy atom. The number of carbonyl (C=O) groups is 13. The highest BCUT2D eigenvalue weighted by Crippen LogP contribution is 2.21. The molecule has 96 heavy (non-hydrogen) atoms. The molecule has 0 radical (unpaired) electrons. The molecule has 0 aromatic heterocycles. The first-order valence-electron chi connectivity index (χ1n) is 31.0. The maximum Gasteiger partial charge on any atom is 0.326 e. The Balaban J connectivity index is 1.58. The maximum atomic E-state index is 14.6. The zero-order valence-electron chi connectivity index (χ0n) is 53.7. The number of primary amides is 1. The highest BCUT2D eigenvalue weighted by Gasteiger charge is 2.41. The molecular formula is C63H88N12O21. The van der Waals surface area contributed by atoms with Crippen LogP contribution in [-0.4, -0.2) is 215 Å². The van der Waals surface area contributed by atoms with Gasteiger partial charge in [0.15, 0.2) is 0 Å². The predicted octanol–water partition coefficient (Wildman–Crippen LogP) is -4.20. The average Bonchev–Trinajstić information content (AvgIpc) is 1.55. The summed E-state index contributed by atoms with van der Waals surface area (Å²) in [4.78, 5) is 177. The zero-order valence-corrected chi connectivity index (χ0v) is 53.7. The monoisotopic (exact) mass is 1350 g/mol. The molecule has 0 aliphatic carbocycles. The number of aromatic hydroxyl groups is 3. The van der Waals surface area contributed by atoms with Crippen molar-refractivity contribution in [3.05, 3.63) is 89.5 Å². The van der Waals surface area contributed by atoms with E-state index >= 15 is 0 Å². The van der Waals surface area contributed by atoms with Gasteiger partial charge in [0.05, 0.1) is 31.8 Å². The molecule has 4 rings (SSSR count). The molecule has 3 aromatic carbocycles. The minimum absolute atomic E-state index is 0.00132. The second-order valence-electron chi connectivity index (χ2n) is 24.2. The van der Waals surface area contributed by atoms with Crippen molar-refractivity contribution in [2.45, 2.75) is 171 Å². The molecule has 0 spiro atoms. The number of nitrogens with two attached hydrogens (primary N) is 2. The average molecular weight is 1350 g/mol. The molecule has 3 aromatic rings. The van der Waals surface area contributed by atoms with Gasteiger partial charge in [-0.15, -0.1) is 0 Å². The molecule has 1 aliphatic rings. The highest BCUT2D eigenvalue weighted by molar-refractivity contribution is 6.00. The molecular weight excluding hydrogens is 1260 g/mol. The molecule has 0 unspecified atom stereocenters. The van der Waals surface area contributed by atoms with Crippen LogP contribution < -0.4 is 59.3 Å². The van der Waals surface area contributed by atoms with E-state index in [0.29, 0.717) is 5.56 Å². The van der Waals surface area contributed by atoms with Crippen molar-refractivity contribution in [3.8, 4) is 17.2 Å². The molecule has 1 heterocycles. The Bertz CT molecular complexity index is 3210. The number of aliphatic carboxylic acids is 2. The van der Waals surface area contributed by atoms with Crippen LogP contribution in [-0.2, 0) is 81.6 Å². The molecule has 1 saturated heterocycles. The summed E-state index contributed by atoms with van der Waals surface area (Å²) in [6.45, 7) is 5.79. The number of hydrogen-bond acceptors (Lipinski definition) is 20. The molecule has 33 nitrogen and oxygen atoms in total. The van der Waals surface area contributed by atoms with Crippen LogP contribution >= 0.6 is 0 Å². The number of rotatable bonds is 38. The first-order valence-corrected chi connectivity index (χ1v) is 31.0. The fourth-order valence-corrected chi connectivity index (χ4v) is 10.2. The number of amides is 11. The third-order valence-electron chi connectivity index (χ3n) is 15.2. The second-order valence-corrected chi connectivity index (χ2v) is 24.2. The Morgan fingerprint density at radius 1 is 0.490 bits per heavy atom. The van der Waals surface area contributed by atoms with Crippen molar-refractivity contribution in [3.63, 3.8) is 0 Å². The minimum Gasteiger partial charge on any atom is -0.508 e. The van der Waals surface area contributed by atoms with E-state index in [-0.39, 0.29) is 78.9 Å². The van der Waals surface area contributed by atoms with E-state index in [2.05, 4.69) is 47.9 Å². The van der Waals surface area contributed by atoms with E-state index in [0.717, 1.165) is 11.8 Å². The zero-order chi connectivity index (χ0) is 71.7. The van der Waals surface area contributed by atoms with Crippen molar-refractivity contribution in [1.29, 1.82) is 0 Å². The fraction of sp³-hybridized carbons (Fsp3) is 0.508. The molecule has 12 atom stereocenters. The van der Waals surface area contributed by atoms with Crippen LogP contribution in [0.3, 0.4) is 0 Å². The van der Waals surface area contributed by atoms with Crippen molar-refractivity contribution < 1.29 is 103 Å². The minimum atomic E-state index is -1.89. The van der Waals surface area contributed by atoms with Gasteiger partial charge < -0.3 is 105 Å². The number of carbonyl (C=O) groups excluding carboxylic acids is 11. The number of carboxylic acid groups (broad SMARTS) is 2. The van der Waals surface area contributed by atoms with E-state index in [9.17, 15) is 103 Å². The first kappa shape index (κ1) is 78.5. The molecule has 33 heteroatoms. The number of likely N-dealkylation sites (tertiary alicyclic amines) is 1. The number of hydrogen-bond donors (Lipinski definition) is 19. The van der Waals surface area contributed by atoms with E-state index < -0.39 is 195 Å². The molecule has 1 aliphatic heterocycles. The summed E-state index contributed by atoms with van der Waals surface area (Å²) in [6, 6.07) is -1.94. The summed E-state index contributed by atoms with van der Waals surface area (Å²) in [5.74, 6) is -15.6. The number of nitrogens with zero attached hydrogens (tertiary/aromatic N) is 1. The summed E-state index contributed by atoms with van der Waals surface area (Å²) in [6.07, 6.45) is -4.74. The van der Waals surface area contributed by atoms with Gasteiger partial charge in [0.1, 0.15) is 77.7 Å². The summed E-state index contributed by atoms with van der Waals surface area (Å²) in [7, 11) is 0. The van der Waals surface area contributed by atoms with Gasteiger partial charge in [-0.25, -0.2) is 4.79 Å². The number of carboxylic acids is 2. The van der Waals surface area contributed by atoms with Crippen molar-refractivity contribution in [2.24, 2.45) is 23.3 Å². The topological polar surface area (TPSA) is 547 Å².